The van der Waals surface area contributed by atoms with E-state index in [9.17, 15) is 4.39 Å². The van der Waals surface area contributed by atoms with E-state index in [-0.39, 0.29) is 5.82 Å². The second-order valence-electron chi connectivity index (χ2n) is 4.01. The van der Waals surface area contributed by atoms with Gasteiger partial charge < -0.3 is 5.32 Å². The van der Waals surface area contributed by atoms with Crippen LogP contribution in [0.4, 0.5) is 15.8 Å². The molecular weight excluding hydrogens is 331 g/mol. The lowest BCUT2D eigenvalue weighted by Crippen LogP contribution is -1.97. The monoisotopic (exact) mass is 338 g/mol. The Morgan fingerprint density at radius 2 is 2.00 bits per heavy atom. The van der Waals surface area contributed by atoms with Gasteiger partial charge in [0.15, 0.2) is 0 Å². The average molecular weight is 340 g/mol. The molecule has 0 aliphatic carbocycles. The first-order chi connectivity index (χ1) is 9.01. The van der Waals surface area contributed by atoms with Gasteiger partial charge in [0.05, 0.1) is 15.7 Å². The molecule has 0 aromatic heterocycles. The van der Waals surface area contributed by atoms with Crippen molar-refractivity contribution in [3.8, 4) is 6.07 Å². The second-order valence-corrected chi connectivity index (χ2v) is 5.30. The molecule has 0 heterocycles. The summed E-state index contributed by atoms with van der Waals surface area (Å²) in [5, 5.41) is 12.7. The van der Waals surface area contributed by atoms with E-state index in [1.165, 1.54) is 6.07 Å². The Morgan fingerprint density at radius 3 is 2.68 bits per heavy atom. The van der Waals surface area contributed by atoms with Crippen LogP contribution in [-0.2, 0) is 0 Å². The van der Waals surface area contributed by atoms with Crippen LogP contribution in [0.1, 0.15) is 11.1 Å². The van der Waals surface area contributed by atoms with Gasteiger partial charge in [-0.25, -0.2) is 4.39 Å². The molecule has 2 nitrogen and oxygen atoms in total. The maximum Gasteiger partial charge on any atom is 0.137 e. The van der Waals surface area contributed by atoms with Crippen LogP contribution >= 0.6 is 27.5 Å². The molecule has 96 valence electrons. The minimum absolute atomic E-state index is 0.320. The highest BCUT2D eigenvalue weighted by molar-refractivity contribution is 9.10. The summed E-state index contributed by atoms with van der Waals surface area (Å²) in [5.41, 5.74) is 2.55. The van der Waals surface area contributed by atoms with Crippen molar-refractivity contribution in [3.63, 3.8) is 0 Å². The summed E-state index contributed by atoms with van der Waals surface area (Å²) in [7, 11) is 0. The minimum Gasteiger partial charge on any atom is -0.354 e. The molecule has 0 atom stereocenters. The van der Waals surface area contributed by atoms with E-state index in [1.807, 2.05) is 0 Å². The molecule has 0 amide bonds. The molecule has 5 heteroatoms. The molecular formula is C14H9BrClFN2. The molecule has 0 bridgehead atoms. The summed E-state index contributed by atoms with van der Waals surface area (Å²) in [6.45, 7) is 1.79. The van der Waals surface area contributed by atoms with Gasteiger partial charge in [-0.2, -0.15) is 5.26 Å². The Morgan fingerprint density at radius 1 is 1.26 bits per heavy atom. The summed E-state index contributed by atoms with van der Waals surface area (Å²) >= 11 is 8.98. The van der Waals surface area contributed by atoms with E-state index < -0.39 is 0 Å². The standard InChI is InChI=1S/C14H9BrClFN2/c1-8-4-12(17)11(15)6-14(8)19-13-3-2-10(16)5-9(13)7-18/h2-6,19H,1H3. The summed E-state index contributed by atoms with van der Waals surface area (Å²) in [5.74, 6) is -0.320. The zero-order chi connectivity index (χ0) is 14.0. The fourth-order valence-corrected chi connectivity index (χ4v) is 2.16. The fraction of sp³-hybridized carbons (Fsp3) is 0.0714. The lowest BCUT2D eigenvalue weighted by molar-refractivity contribution is 0.620. The number of halogens is 3. The third-order valence-corrected chi connectivity index (χ3v) is 3.48. The Bertz CT molecular complexity index is 680. The van der Waals surface area contributed by atoms with Crippen molar-refractivity contribution in [1.82, 2.24) is 0 Å². The maximum absolute atomic E-state index is 13.4. The highest BCUT2D eigenvalue weighted by Gasteiger charge is 2.08. The Kier molecular flexibility index (Phi) is 4.08. The number of anilines is 2. The Hall–Kier alpha value is -1.57. The number of nitrogens with zero attached hydrogens (tertiary/aromatic N) is 1. The molecule has 0 saturated heterocycles. The summed E-state index contributed by atoms with van der Waals surface area (Å²) < 4.78 is 13.7. The first kappa shape index (κ1) is 13.9. The number of nitrogens with one attached hydrogen (secondary N) is 1. The maximum atomic E-state index is 13.4. The van der Waals surface area contributed by atoms with Crippen LogP contribution in [0.15, 0.2) is 34.8 Å². The van der Waals surface area contributed by atoms with Gasteiger partial charge in [0.2, 0.25) is 0 Å². The molecule has 0 fully saturated rings. The molecule has 2 aromatic rings. The van der Waals surface area contributed by atoms with Crippen LogP contribution in [0.3, 0.4) is 0 Å². The predicted molar refractivity (Wildman–Crippen MR) is 78.3 cm³/mol. The van der Waals surface area contributed by atoms with Gasteiger partial charge in [-0.05, 0) is 58.7 Å². The van der Waals surface area contributed by atoms with Crippen molar-refractivity contribution in [1.29, 1.82) is 5.26 Å². The molecule has 0 aliphatic rings. The number of rotatable bonds is 2. The number of aryl methyl sites for hydroxylation is 1. The van der Waals surface area contributed by atoms with Crippen molar-refractivity contribution in [2.45, 2.75) is 6.92 Å². The molecule has 2 aromatic carbocycles. The van der Waals surface area contributed by atoms with Crippen LogP contribution in [0, 0.1) is 24.1 Å². The molecule has 0 spiro atoms. The topological polar surface area (TPSA) is 35.8 Å². The van der Waals surface area contributed by atoms with E-state index in [4.69, 9.17) is 16.9 Å². The highest BCUT2D eigenvalue weighted by atomic mass is 79.9. The minimum atomic E-state index is -0.320. The summed E-state index contributed by atoms with van der Waals surface area (Å²) in [6, 6.07) is 10.1. The third kappa shape index (κ3) is 3.06. The van der Waals surface area contributed by atoms with Crippen LogP contribution < -0.4 is 5.32 Å². The molecule has 0 aliphatic heterocycles. The zero-order valence-corrected chi connectivity index (χ0v) is 12.3. The lowest BCUT2D eigenvalue weighted by Gasteiger charge is -2.12. The smallest absolute Gasteiger partial charge is 0.137 e. The number of hydrogen-bond acceptors (Lipinski definition) is 2. The van der Waals surface area contributed by atoms with Crippen molar-refractivity contribution in [2.75, 3.05) is 5.32 Å². The summed E-state index contributed by atoms with van der Waals surface area (Å²) in [6.07, 6.45) is 0. The Balaban J connectivity index is 2.42. The third-order valence-electron chi connectivity index (χ3n) is 2.64. The van der Waals surface area contributed by atoms with Crippen molar-refractivity contribution in [2.24, 2.45) is 0 Å². The van der Waals surface area contributed by atoms with E-state index in [2.05, 4.69) is 27.3 Å². The SMILES string of the molecule is Cc1cc(F)c(Br)cc1Nc1ccc(Cl)cc1C#N. The van der Waals surface area contributed by atoms with Crippen molar-refractivity contribution >= 4 is 38.9 Å². The van der Waals surface area contributed by atoms with Crippen molar-refractivity contribution in [3.05, 3.63) is 56.8 Å². The quantitative estimate of drug-likeness (QED) is 0.819. The van der Waals surface area contributed by atoms with Gasteiger partial charge in [0.1, 0.15) is 11.9 Å². The van der Waals surface area contributed by atoms with Crippen LogP contribution in [0.5, 0.6) is 0 Å². The van der Waals surface area contributed by atoms with Gasteiger partial charge >= 0.3 is 0 Å². The predicted octanol–water partition coefficient (Wildman–Crippen LogP) is 5.17. The average Bonchev–Trinajstić information content (AvgIpc) is 2.37. The Labute approximate surface area is 123 Å². The molecule has 0 unspecified atom stereocenters. The second kappa shape index (κ2) is 5.60. The molecule has 0 saturated carbocycles. The summed E-state index contributed by atoms with van der Waals surface area (Å²) in [4.78, 5) is 0. The van der Waals surface area contributed by atoms with E-state index in [1.54, 1.807) is 31.2 Å². The largest absolute Gasteiger partial charge is 0.354 e. The normalized spacial score (nSPS) is 10.1. The highest BCUT2D eigenvalue weighted by Crippen LogP contribution is 2.29. The first-order valence-electron chi connectivity index (χ1n) is 5.43. The number of benzene rings is 2. The van der Waals surface area contributed by atoms with E-state index >= 15 is 0 Å². The van der Waals surface area contributed by atoms with Crippen molar-refractivity contribution < 1.29 is 4.39 Å². The number of nitriles is 1. The van der Waals surface area contributed by atoms with E-state index in [0.29, 0.717) is 20.7 Å². The van der Waals surface area contributed by atoms with Gasteiger partial charge in [-0.15, -0.1) is 0 Å². The van der Waals surface area contributed by atoms with Crippen LogP contribution in [0.25, 0.3) is 0 Å². The van der Waals surface area contributed by atoms with Gasteiger partial charge in [0, 0.05) is 10.7 Å². The van der Waals surface area contributed by atoms with E-state index in [0.717, 1.165) is 11.3 Å². The molecule has 0 radical (unpaired) electrons. The molecule has 19 heavy (non-hydrogen) atoms. The fourth-order valence-electron chi connectivity index (χ4n) is 1.64. The molecule has 2 rings (SSSR count). The van der Waals surface area contributed by atoms with Crippen LogP contribution in [-0.4, -0.2) is 0 Å². The van der Waals surface area contributed by atoms with Gasteiger partial charge in [0.25, 0.3) is 0 Å². The lowest BCUT2D eigenvalue weighted by atomic mass is 10.1. The van der Waals surface area contributed by atoms with Gasteiger partial charge in [-0.3, -0.25) is 0 Å². The molecule has 1 N–H and O–H groups in total. The van der Waals surface area contributed by atoms with Crippen LogP contribution in [0.2, 0.25) is 5.02 Å². The first-order valence-corrected chi connectivity index (χ1v) is 6.60. The number of hydrogen-bond donors (Lipinski definition) is 1. The zero-order valence-electron chi connectivity index (χ0n) is 9.97. The van der Waals surface area contributed by atoms with Gasteiger partial charge in [-0.1, -0.05) is 11.6 Å².